The van der Waals surface area contributed by atoms with Gasteiger partial charge in [-0.25, -0.2) is 0 Å². The van der Waals surface area contributed by atoms with Crippen molar-refractivity contribution in [2.45, 2.75) is 12.3 Å². The summed E-state index contributed by atoms with van der Waals surface area (Å²) in [7, 11) is 0. The fraction of sp³-hybridized carbons (Fsp3) is 0.364. The van der Waals surface area contributed by atoms with Crippen LogP contribution in [0.5, 0.6) is 0 Å². The van der Waals surface area contributed by atoms with Gasteiger partial charge in [-0.05, 0) is 35.9 Å². The molecule has 0 aliphatic heterocycles. The predicted octanol–water partition coefficient (Wildman–Crippen LogP) is 1.69. The molecule has 1 aliphatic rings. The number of nitrogens with two attached hydrogens (primary N) is 1. The Morgan fingerprint density at radius 2 is 2.40 bits per heavy atom. The van der Waals surface area contributed by atoms with Gasteiger partial charge in [0.05, 0.1) is 0 Å². The molecule has 1 saturated carbocycles. The van der Waals surface area contributed by atoms with Gasteiger partial charge in [0.1, 0.15) is 6.39 Å². The van der Waals surface area contributed by atoms with Gasteiger partial charge in [0.15, 0.2) is 0 Å². The zero-order chi connectivity index (χ0) is 9.54. The Morgan fingerprint density at radius 3 is 3.13 bits per heavy atom. The molecule has 2 N–H and O–H groups in total. The number of para-hydroxylation sites is 1. The Labute approximate surface area is 113 Å². The fourth-order valence-corrected chi connectivity index (χ4v) is 2.04. The molecule has 1 aliphatic carbocycles. The Bertz CT molecular complexity index is 468. The zero-order valence-corrected chi connectivity index (χ0v) is 11.1. The van der Waals surface area contributed by atoms with E-state index in [1.54, 1.807) is 0 Å². The number of nitrogens with zero attached hydrogens (tertiary/aromatic N) is 1. The van der Waals surface area contributed by atoms with E-state index in [1.165, 1.54) is 12.0 Å². The number of fused-ring (bicyclic) bond motifs is 1. The van der Waals surface area contributed by atoms with Gasteiger partial charge in [-0.3, -0.25) is 0 Å². The summed E-state index contributed by atoms with van der Waals surface area (Å²) in [6, 6.07) is 6.06. The molecule has 3 nitrogen and oxygen atoms in total. The van der Waals surface area contributed by atoms with Crippen molar-refractivity contribution in [2.75, 3.05) is 6.54 Å². The molecule has 3 rings (SSSR count). The number of aromatic nitrogens is 1. The van der Waals surface area contributed by atoms with E-state index < -0.39 is 0 Å². The third-order valence-corrected chi connectivity index (χ3v) is 2.96. The predicted molar refractivity (Wildman–Crippen MR) is 52.7 cm³/mol. The molecule has 1 aromatic heterocycles. The Morgan fingerprint density at radius 1 is 1.53 bits per heavy atom. The molecule has 15 heavy (non-hydrogen) atoms. The first-order valence-corrected chi connectivity index (χ1v) is 4.85. The normalized spacial score (nSPS) is 23.8. The zero-order valence-electron chi connectivity index (χ0n) is 8.31. The van der Waals surface area contributed by atoms with Crippen LogP contribution in [-0.2, 0) is 32.7 Å². The van der Waals surface area contributed by atoms with Crippen molar-refractivity contribution in [3.05, 3.63) is 30.2 Å². The molecule has 2 atom stereocenters. The van der Waals surface area contributed by atoms with Gasteiger partial charge < -0.3 is 15.1 Å². The van der Waals surface area contributed by atoms with E-state index in [9.17, 15) is 0 Å². The fourth-order valence-electron chi connectivity index (χ4n) is 2.04. The van der Waals surface area contributed by atoms with Crippen LogP contribution in [0.25, 0.3) is 11.1 Å². The van der Waals surface area contributed by atoms with Crippen LogP contribution in [0.1, 0.15) is 17.9 Å². The van der Waals surface area contributed by atoms with E-state index in [0.717, 1.165) is 17.6 Å². The molecule has 0 saturated heterocycles. The van der Waals surface area contributed by atoms with Crippen molar-refractivity contribution in [1.29, 1.82) is 0 Å². The molecule has 0 spiro atoms. The number of hydrogen-bond donors (Lipinski definition) is 1. The summed E-state index contributed by atoms with van der Waals surface area (Å²) in [6.07, 6.45) is 3.71. The SMILES string of the molecule is NCC1CC1c1cccc2n[c-]oc12.[Y+3]. The van der Waals surface area contributed by atoms with E-state index >= 15 is 0 Å². The average Bonchev–Trinajstić information content (AvgIpc) is 2.85. The monoisotopic (exact) mass is 276 g/mol. The summed E-state index contributed by atoms with van der Waals surface area (Å²) in [5.74, 6) is 1.20. The smallest absolute Gasteiger partial charge is 0.573 e. The van der Waals surface area contributed by atoms with E-state index in [-0.39, 0.29) is 32.7 Å². The molecule has 1 aromatic carbocycles. The second-order valence-corrected chi connectivity index (χ2v) is 3.84. The summed E-state index contributed by atoms with van der Waals surface area (Å²) < 4.78 is 5.27. The van der Waals surface area contributed by atoms with Crippen molar-refractivity contribution >= 4 is 11.1 Å². The summed E-state index contributed by atoms with van der Waals surface area (Å²) >= 11 is 0. The van der Waals surface area contributed by atoms with Gasteiger partial charge in [-0.15, -0.1) is 6.07 Å². The third kappa shape index (κ3) is 1.88. The van der Waals surface area contributed by atoms with Gasteiger partial charge in [-0.1, -0.05) is 17.7 Å². The molecule has 72 valence electrons. The van der Waals surface area contributed by atoms with Gasteiger partial charge in [0.2, 0.25) is 0 Å². The topological polar surface area (TPSA) is 52.0 Å². The molecule has 4 heteroatoms. The number of rotatable bonds is 2. The second-order valence-electron chi connectivity index (χ2n) is 3.84. The van der Waals surface area contributed by atoms with Crippen LogP contribution in [0.3, 0.4) is 0 Å². The van der Waals surface area contributed by atoms with E-state index in [2.05, 4.69) is 17.4 Å². The van der Waals surface area contributed by atoms with Crippen LogP contribution >= 0.6 is 0 Å². The molecule has 0 bridgehead atoms. The van der Waals surface area contributed by atoms with Crippen LogP contribution in [0.15, 0.2) is 22.6 Å². The maximum absolute atomic E-state index is 5.63. The molecule has 0 radical (unpaired) electrons. The molecule has 2 unspecified atom stereocenters. The first-order valence-electron chi connectivity index (χ1n) is 4.85. The van der Waals surface area contributed by atoms with Crippen molar-refractivity contribution in [3.63, 3.8) is 0 Å². The summed E-state index contributed by atoms with van der Waals surface area (Å²) in [5, 5.41) is 0. The van der Waals surface area contributed by atoms with Gasteiger partial charge >= 0.3 is 32.7 Å². The largest absolute Gasteiger partial charge is 3.00 e. The summed E-state index contributed by atoms with van der Waals surface area (Å²) in [6.45, 7) is 0.763. The first-order chi connectivity index (χ1) is 6.90. The Balaban J connectivity index is 0.000000853. The van der Waals surface area contributed by atoms with Crippen LogP contribution in [0, 0.1) is 12.3 Å². The van der Waals surface area contributed by atoms with E-state index in [4.69, 9.17) is 10.2 Å². The van der Waals surface area contributed by atoms with Crippen LogP contribution in [0.2, 0.25) is 0 Å². The number of hydrogen-bond acceptors (Lipinski definition) is 3. The van der Waals surface area contributed by atoms with Crippen LogP contribution < -0.4 is 5.73 Å². The van der Waals surface area contributed by atoms with Crippen LogP contribution in [0.4, 0.5) is 0 Å². The maximum atomic E-state index is 5.63. The van der Waals surface area contributed by atoms with Crippen molar-refractivity contribution in [3.8, 4) is 0 Å². The quantitative estimate of drug-likeness (QED) is 0.849. The Kier molecular flexibility index (Phi) is 3.24. The second kappa shape index (κ2) is 4.32. The summed E-state index contributed by atoms with van der Waals surface area (Å²) in [4.78, 5) is 4.02. The first kappa shape index (κ1) is 11.2. The van der Waals surface area contributed by atoms with Crippen molar-refractivity contribution in [2.24, 2.45) is 11.7 Å². The van der Waals surface area contributed by atoms with Crippen molar-refractivity contribution in [1.82, 2.24) is 4.98 Å². The van der Waals surface area contributed by atoms with Gasteiger partial charge in [0, 0.05) is 0 Å². The molecule has 1 fully saturated rings. The number of benzene rings is 1. The van der Waals surface area contributed by atoms with E-state index in [1.807, 2.05) is 12.1 Å². The molecule has 0 amide bonds. The number of oxazole rings is 1. The minimum absolute atomic E-state index is 0. The van der Waals surface area contributed by atoms with Gasteiger partial charge in [-0.2, -0.15) is 0 Å². The standard InChI is InChI=1S/C11H11N2O.Y/c12-5-7-4-9(7)8-2-1-3-10-11(8)14-6-13-10;/h1-3,7,9H,4-5,12H2;/q-1;+3. The Hall–Kier alpha value is -0.246. The maximum Gasteiger partial charge on any atom is 3.00 e. The molecular weight excluding hydrogens is 265 g/mol. The van der Waals surface area contributed by atoms with Crippen LogP contribution in [-0.4, -0.2) is 11.5 Å². The molecule has 2 aromatic rings. The van der Waals surface area contributed by atoms with Crippen molar-refractivity contribution < 1.29 is 37.1 Å². The van der Waals surface area contributed by atoms with Gasteiger partial charge in [0.25, 0.3) is 0 Å². The molecular formula is C11H11N2OY+2. The minimum Gasteiger partial charge on any atom is -0.573 e. The average molecular weight is 276 g/mol. The molecule has 1 heterocycles. The summed E-state index contributed by atoms with van der Waals surface area (Å²) in [5.41, 5.74) is 8.65. The minimum atomic E-state index is 0. The third-order valence-electron chi connectivity index (χ3n) is 2.96. The van der Waals surface area contributed by atoms with E-state index in [0.29, 0.717) is 11.8 Å².